The Morgan fingerprint density at radius 1 is 1.31 bits per heavy atom. The van der Waals surface area contributed by atoms with Crippen LogP contribution in [0.15, 0.2) is 47.6 Å². The molecule has 1 saturated heterocycles. The fraction of sp³-hybridized carbons (Fsp3) is 0.333. The summed E-state index contributed by atoms with van der Waals surface area (Å²) >= 11 is 0. The topological polar surface area (TPSA) is 52.6 Å². The maximum atomic E-state index is 13.9. The summed E-state index contributed by atoms with van der Waals surface area (Å²) in [6.45, 7) is 1.91. The van der Waals surface area contributed by atoms with Crippen LogP contribution in [0, 0.1) is 11.6 Å². The Hall–Kier alpha value is -1.97. The van der Waals surface area contributed by atoms with Crippen molar-refractivity contribution in [3.8, 4) is 0 Å². The summed E-state index contributed by atoms with van der Waals surface area (Å²) in [4.78, 5) is 10.4. The highest BCUT2D eigenvalue weighted by Gasteiger charge is 2.25. The van der Waals surface area contributed by atoms with Gasteiger partial charge in [-0.1, -0.05) is 6.07 Å². The third kappa shape index (κ3) is 5.26. The Balaban J connectivity index is 0.00000243. The van der Waals surface area contributed by atoms with E-state index < -0.39 is 11.6 Å². The molecule has 1 aromatic carbocycles. The minimum atomic E-state index is -0.561. The van der Waals surface area contributed by atoms with E-state index in [1.807, 2.05) is 23.1 Å². The standard InChI is InChI=1S/C18H21F2N5.HI/c1-21-18(23-11-14-4-2-3-8-22-14)24-15-7-9-25(12-15)17-6-5-13(19)10-16(17)20;/h2-6,8,10,15H,7,9,11-12H2,1H3,(H2,21,23,24);1H. The number of nitrogens with one attached hydrogen (secondary N) is 2. The predicted molar refractivity (Wildman–Crippen MR) is 110 cm³/mol. The summed E-state index contributed by atoms with van der Waals surface area (Å²) in [5.74, 6) is -0.412. The second-order valence-corrected chi connectivity index (χ2v) is 5.92. The van der Waals surface area contributed by atoms with Crippen molar-refractivity contribution in [2.45, 2.75) is 19.0 Å². The van der Waals surface area contributed by atoms with Gasteiger partial charge in [-0.2, -0.15) is 0 Å². The van der Waals surface area contributed by atoms with Gasteiger partial charge in [-0.05, 0) is 30.7 Å². The van der Waals surface area contributed by atoms with Gasteiger partial charge in [0.1, 0.15) is 11.6 Å². The molecule has 0 aliphatic carbocycles. The van der Waals surface area contributed by atoms with Crippen molar-refractivity contribution < 1.29 is 8.78 Å². The Morgan fingerprint density at radius 3 is 2.85 bits per heavy atom. The third-order valence-electron chi connectivity index (χ3n) is 4.17. The van der Waals surface area contributed by atoms with Crippen molar-refractivity contribution in [1.82, 2.24) is 15.6 Å². The van der Waals surface area contributed by atoms with Crippen LogP contribution in [0.5, 0.6) is 0 Å². The number of benzene rings is 1. The van der Waals surface area contributed by atoms with E-state index in [0.717, 1.165) is 18.2 Å². The molecule has 0 radical (unpaired) electrons. The van der Waals surface area contributed by atoms with E-state index in [-0.39, 0.29) is 30.0 Å². The third-order valence-corrected chi connectivity index (χ3v) is 4.17. The minimum absolute atomic E-state index is 0. The van der Waals surface area contributed by atoms with E-state index in [2.05, 4.69) is 20.6 Å². The molecule has 140 valence electrons. The molecule has 0 bridgehead atoms. The van der Waals surface area contributed by atoms with Gasteiger partial charge in [-0.3, -0.25) is 9.98 Å². The highest BCUT2D eigenvalue weighted by Crippen LogP contribution is 2.24. The molecule has 0 saturated carbocycles. The number of rotatable bonds is 4. The van der Waals surface area contributed by atoms with Crippen molar-refractivity contribution in [2.75, 3.05) is 25.0 Å². The van der Waals surface area contributed by atoms with Crippen LogP contribution in [0.4, 0.5) is 14.5 Å². The zero-order valence-electron chi connectivity index (χ0n) is 14.5. The molecule has 1 aliphatic rings. The van der Waals surface area contributed by atoms with E-state index in [9.17, 15) is 8.78 Å². The molecule has 2 N–H and O–H groups in total. The molecule has 0 spiro atoms. The lowest BCUT2D eigenvalue weighted by atomic mass is 10.2. The maximum absolute atomic E-state index is 13.9. The first-order valence-corrected chi connectivity index (χ1v) is 8.23. The molecule has 2 aromatic rings. The number of guanidine groups is 1. The molecule has 1 aliphatic heterocycles. The molecule has 5 nitrogen and oxygen atoms in total. The Bertz CT molecular complexity index is 742. The number of aliphatic imine (C=N–C) groups is 1. The smallest absolute Gasteiger partial charge is 0.191 e. The van der Waals surface area contributed by atoms with E-state index in [1.165, 1.54) is 12.1 Å². The van der Waals surface area contributed by atoms with Crippen LogP contribution in [0.1, 0.15) is 12.1 Å². The van der Waals surface area contributed by atoms with Crippen LogP contribution in [0.25, 0.3) is 0 Å². The van der Waals surface area contributed by atoms with Gasteiger partial charge in [0.2, 0.25) is 0 Å². The molecule has 26 heavy (non-hydrogen) atoms. The van der Waals surface area contributed by atoms with Crippen LogP contribution >= 0.6 is 24.0 Å². The summed E-state index contributed by atoms with van der Waals surface area (Å²) in [5.41, 5.74) is 1.36. The van der Waals surface area contributed by atoms with Gasteiger partial charge in [-0.25, -0.2) is 8.78 Å². The molecule has 1 atom stereocenters. The second-order valence-electron chi connectivity index (χ2n) is 5.92. The lowest BCUT2D eigenvalue weighted by Gasteiger charge is -2.21. The SMILES string of the molecule is CN=C(NCc1ccccn1)NC1CCN(c2ccc(F)cc2F)C1.I. The lowest BCUT2D eigenvalue weighted by molar-refractivity contribution is 0.580. The highest BCUT2D eigenvalue weighted by molar-refractivity contribution is 14.0. The Kier molecular flexibility index (Phi) is 7.55. The van der Waals surface area contributed by atoms with Crippen LogP contribution in [0.2, 0.25) is 0 Å². The average Bonchev–Trinajstić information content (AvgIpc) is 3.07. The van der Waals surface area contributed by atoms with Gasteiger partial charge in [-0.15, -0.1) is 24.0 Å². The molecular weight excluding hydrogens is 451 g/mol. The maximum Gasteiger partial charge on any atom is 0.191 e. The number of nitrogens with zero attached hydrogens (tertiary/aromatic N) is 3. The van der Waals surface area contributed by atoms with Gasteiger partial charge in [0.15, 0.2) is 5.96 Å². The van der Waals surface area contributed by atoms with Gasteiger partial charge in [0.25, 0.3) is 0 Å². The van der Waals surface area contributed by atoms with Crippen LogP contribution in [-0.4, -0.2) is 37.1 Å². The molecule has 1 unspecified atom stereocenters. The van der Waals surface area contributed by atoms with Gasteiger partial charge >= 0.3 is 0 Å². The van der Waals surface area contributed by atoms with Gasteiger partial charge < -0.3 is 15.5 Å². The fourth-order valence-electron chi connectivity index (χ4n) is 2.90. The summed E-state index contributed by atoms with van der Waals surface area (Å²) in [5, 5.41) is 6.56. The van der Waals surface area contributed by atoms with Crippen LogP contribution < -0.4 is 15.5 Å². The Labute approximate surface area is 168 Å². The zero-order valence-corrected chi connectivity index (χ0v) is 16.8. The molecule has 3 rings (SSSR count). The summed E-state index contributed by atoms with van der Waals surface area (Å²) in [7, 11) is 1.71. The normalized spacial score (nSPS) is 17.0. The number of hydrogen-bond donors (Lipinski definition) is 2. The predicted octanol–water partition coefficient (Wildman–Crippen LogP) is 2.92. The van der Waals surface area contributed by atoms with E-state index in [0.29, 0.717) is 31.3 Å². The Morgan fingerprint density at radius 2 is 2.15 bits per heavy atom. The molecule has 0 amide bonds. The van der Waals surface area contributed by atoms with Gasteiger partial charge in [0.05, 0.1) is 17.9 Å². The number of pyridine rings is 1. The van der Waals surface area contributed by atoms with Crippen molar-refractivity contribution in [3.05, 3.63) is 59.9 Å². The number of aromatic nitrogens is 1. The number of hydrogen-bond acceptors (Lipinski definition) is 3. The quantitative estimate of drug-likeness (QED) is 0.408. The van der Waals surface area contributed by atoms with Crippen molar-refractivity contribution >= 4 is 35.6 Å². The first-order chi connectivity index (χ1) is 12.2. The van der Waals surface area contributed by atoms with Crippen molar-refractivity contribution in [2.24, 2.45) is 4.99 Å². The molecule has 8 heteroatoms. The number of anilines is 1. The second kappa shape index (κ2) is 9.65. The highest BCUT2D eigenvalue weighted by atomic mass is 127. The summed E-state index contributed by atoms with van der Waals surface area (Å²) < 4.78 is 27.0. The molecule has 1 fully saturated rings. The fourth-order valence-corrected chi connectivity index (χ4v) is 2.90. The zero-order chi connectivity index (χ0) is 17.6. The van der Waals surface area contributed by atoms with Crippen LogP contribution in [-0.2, 0) is 6.54 Å². The monoisotopic (exact) mass is 473 g/mol. The van der Waals surface area contributed by atoms with Crippen molar-refractivity contribution in [1.29, 1.82) is 0 Å². The summed E-state index contributed by atoms with van der Waals surface area (Å²) in [6, 6.07) is 9.58. The largest absolute Gasteiger partial charge is 0.367 e. The van der Waals surface area contributed by atoms with Crippen molar-refractivity contribution in [3.63, 3.8) is 0 Å². The lowest BCUT2D eigenvalue weighted by Crippen LogP contribution is -2.44. The average molecular weight is 473 g/mol. The first-order valence-electron chi connectivity index (χ1n) is 8.23. The van der Waals surface area contributed by atoms with E-state index in [1.54, 1.807) is 13.2 Å². The van der Waals surface area contributed by atoms with E-state index >= 15 is 0 Å². The molecular formula is C18H22F2IN5. The molecule has 1 aromatic heterocycles. The van der Waals surface area contributed by atoms with Crippen LogP contribution in [0.3, 0.4) is 0 Å². The number of halogens is 3. The molecule has 2 heterocycles. The minimum Gasteiger partial charge on any atom is -0.367 e. The summed E-state index contributed by atoms with van der Waals surface area (Å²) in [6.07, 6.45) is 2.60. The first kappa shape index (κ1) is 20.3. The van der Waals surface area contributed by atoms with E-state index in [4.69, 9.17) is 0 Å². The van der Waals surface area contributed by atoms with Gasteiger partial charge in [0, 0.05) is 38.4 Å².